The summed E-state index contributed by atoms with van der Waals surface area (Å²) < 4.78 is 1.01. The molecule has 2 aromatic rings. The molecule has 23 heavy (non-hydrogen) atoms. The Labute approximate surface area is 145 Å². The van der Waals surface area contributed by atoms with E-state index in [0.29, 0.717) is 18.3 Å². The van der Waals surface area contributed by atoms with Crippen LogP contribution in [-0.4, -0.2) is 46.7 Å². The van der Waals surface area contributed by atoms with E-state index < -0.39 is 0 Å². The largest absolute Gasteiger partial charge is 0.349 e. The number of nitrogens with one attached hydrogen (secondary N) is 2. The van der Waals surface area contributed by atoms with E-state index in [9.17, 15) is 4.79 Å². The van der Waals surface area contributed by atoms with Gasteiger partial charge < -0.3 is 5.32 Å². The molecule has 2 rings (SSSR count). The molecular weight excluding hydrogens is 356 g/mol. The third-order valence-corrected chi connectivity index (χ3v) is 4.31. The summed E-state index contributed by atoms with van der Waals surface area (Å²) in [5.74, 6) is -0.124. The van der Waals surface area contributed by atoms with Gasteiger partial charge in [-0.3, -0.25) is 14.8 Å². The van der Waals surface area contributed by atoms with Gasteiger partial charge in [0, 0.05) is 29.2 Å². The number of carbonyl (C=O) groups is 1. The molecular formula is C17H23BrN4O. The fourth-order valence-corrected chi connectivity index (χ4v) is 2.66. The van der Waals surface area contributed by atoms with Gasteiger partial charge in [-0.2, -0.15) is 5.10 Å². The number of likely N-dealkylation sites (N-methyl/N-ethyl adjacent to an activating group) is 1. The highest BCUT2D eigenvalue weighted by molar-refractivity contribution is 9.10. The van der Waals surface area contributed by atoms with Gasteiger partial charge in [0.15, 0.2) is 0 Å². The molecule has 0 spiro atoms. The summed E-state index contributed by atoms with van der Waals surface area (Å²) >= 11 is 3.41. The number of halogens is 1. The zero-order valence-corrected chi connectivity index (χ0v) is 15.4. The first-order valence-corrected chi connectivity index (χ1v) is 8.64. The number of rotatable bonds is 7. The number of H-pyrrole nitrogens is 1. The SMILES string of the molecule is CCN(CCNC(=O)c1cc(-c2ccc(Br)cc2)n[nH]1)C(C)C. The van der Waals surface area contributed by atoms with Crippen LogP contribution in [-0.2, 0) is 0 Å². The zero-order chi connectivity index (χ0) is 16.8. The minimum Gasteiger partial charge on any atom is -0.349 e. The monoisotopic (exact) mass is 378 g/mol. The Bertz CT molecular complexity index is 636. The van der Waals surface area contributed by atoms with Crippen molar-refractivity contribution in [3.8, 4) is 11.3 Å². The first-order valence-electron chi connectivity index (χ1n) is 7.85. The summed E-state index contributed by atoms with van der Waals surface area (Å²) in [6.45, 7) is 8.88. The maximum atomic E-state index is 12.2. The third-order valence-electron chi connectivity index (χ3n) is 3.78. The Morgan fingerprint density at radius 2 is 2.04 bits per heavy atom. The van der Waals surface area contributed by atoms with Gasteiger partial charge in [-0.1, -0.05) is 35.0 Å². The Kier molecular flexibility index (Phi) is 6.36. The fraction of sp³-hybridized carbons (Fsp3) is 0.412. The Morgan fingerprint density at radius 1 is 1.35 bits per heavy atom. The molecule has 6 heteroatoms. The van der Waals surface area contributed by atoms with Crippen molar-refractivity contribution in [3.63, 3.8) is 0 Å². The van der Waals surface area contributed by atoms with Crippen molar-refractivity contribution in [1.29, 1.82) is 0 Å². The molecule has 1 heterocycles. The molecule has 0 radical (unpaired) electrons. The molecule has 0 aliphatic carbocycles. The molecule has 0 aliphatic rings. The predicted octanol–water partition coefficient (Wildman–Crippen LogP) is 3.30. The van der Waals surface area contributed by atoms with Crippen LogP contribution in [0.4, 0.5) is 0 Å². The van der Waals surface area contributed by atoms with Crippen molar-refractivity contribution >= 4 is 21.8 Å². The zero-order valence-electron chi connectivity index (χ0n) is 13.8. The first-order chi connectivity index (χ1) is 11.0. The smallest absolute Gasteiger partial charge is 0.269 e. The highest BCUT2D eigenvalue weighted by Crippen LogP contribution is 2.20. The van der Waals surface area contributed by atoms with Gasteiger partial charge in [-0.05, 0) is 38.6 Å². The van der Waals surface area contributed by atoms with Crippen LogP contribution in [0.5, 0.6) is 0 Å². The second kappa shape index (κ2) is 8.26. The number of carbonyl (C=O) groups excluding carboxylic acids is 1. The predicted molar refractivity (Wildman–Crippen MR) is 96.4 cm³/mol. The number of aromatic nitrogens is 2. The van der Waals surface area contributed by atoms with Crippen LogP contribution < -0.4 is 5.32 Å². The average molecular weight is 379 g/mol. The van der Waals surface area contributed by atoms with E-state index in [1.165, 1.54) is 0 Å². The summed E-state index contributed by atoms with van der Waals surface area (Å²) in [6, 6.07) is 10.1. The average Bonchev–Trinajstić information content (AvgIpc) is 3.01. The molecule has 0 aliphatic heterocycles. The van der Waals surface area contributed by atoms with E-state index in [0.717, 1.165) is 28.8 Å². The van der Waals surface area contributed by atoms with Gasteiger partial charge >= 0.3 is 0 Å². The number of amides is 1. The van der Waals surface area contributed by atoms with E-state index in [2.05, 4.69) is 57.1 Å². The summed E-state index contributed by atoms with van der Waals surface area (Å²) in [4.78, 5) is 14.5. The molecule has 0 atom stereocenters. The van der Waals surface area contributed by atoms with E-state index >= 15 is 0 Å². The lowest BCUT2D eigenvalue weighted by Gasteiger charge is -2.24. The molecule has 5 nitrogen and oxygen atoms in total. The number of hydrogen-bond donors (Lipinski definition) is 2. The summed E-state index contributed by atoms with van der Waals surface area (Å²) in [7, 11) is 0. The molecule has 1 aromatic heterocycles. The van der Waals surface area contributed by atoms with Crippen molar-refractivity contribution in [2.45, 2.75) is 26.8 Å². The molecule has 0 saturated carbocycles. The Hall–Kier alpha value is -1.66. The van der Waals surface area contributed by atoms with Crippen LogP contribution in [0.3, 0.4) is 0 Å². The Morgan fingerprint density at radius 3 is 2.65 bits per heavy atom. The topological polar surface area (TPSA) is 61.0 Å². The quantitative estimate of drug-likeness (QED) is 0.776. The van der Waals surface area contributed by atoms with Gasteiger partial charge in [0.25, 0.3) is 5.91 Å². The van der Waals surface area contributed by atoms with Crippen LogP contribution >= 0.6 is 15.9 Å². The normalized spacial score (nSPS) is 11.2. The van der Waals surface area contributed by atoms with Gasteiger partial charge in [0.05, 0.1) is 5.69 Å². The number of aromatic amines is 1. The molecule has 1 aromatic carbocycles. The highest BCUT2D eigenvalue weighted by atomic mass is 79.9. The van der Waals surface area contributed by atoms with Gasteiger partial charge in [0.1, 0.15) is 5.69 Å². The van der Waals surface area contributed by atoms with Crippen molar-refractivity contribution in [2.75, 3.05) is 19.6 Å². The maximum Gasteiger partial charge on any atom is 0.269 e. The van der Waals surface area contributed by atoms with Gasteiger partial charge in [-0.25, -0.2) is 0 Å². The van der Waals surface area contributed by atoms with Crippen molar-refractivity contribution in [1.82, 2.24) is 20.4 Å². The van der Waals surface area contributed by atoms with Gasteiger partial charge in [-0.15, -0.1) is 0 Å². The second-order valence-corrected chi connectivity index (χ2v) is 6.57. The standard InChI is InChI=1S/C17H23BrN4O/c1-4-22(12(2)3)10-9-19-17(23)16-11-15(20-21-16)13-5-7-14(18)8-6-13/h5-8,11-12H,4,9-10H2,1-3H3,(H,19,23)(H,20,21). The van der Waals surface area contributed by atoms with Crippen LogP contribution in [0.15, 0.2) is 34.8 Å². The molecule has 0 fully saturated rings. The van der Waals surface area contributed by atoms with Crippen LogP contribution in [0, 0.1) is 0 Å². The number of benzene rings is 1. The summed E-state index contributed by atoms with van der Waals surface area (Å²) in [5.41, 5.74) is 2.22. The maximum absolute atomic E-state index is 12.2. The molecule has 124 valence electrons. The van der Waals surface area contributed by atoms with Crippen molar-refractivity contribution in [2.24, 2.45) is 0 Å². The lowest BCUT2D eigenvalue weighted by atomic mass is 10.1. The van der Waals surface area contributed by atoms with Crippen molar-refractivity contribution in [3.05, 3.63) is 40.5 Å². The summed E-state index contributed by atoms with van der Waals surface area (Å²) in [6.07, 6.45) is 0. The van der Waals surface area contributed by atoms with Crippen LogP contribution in [0.2, 0.25) is 0 Å². The van der Waals surface area contributed by atoms with Crippen LogP contribution in [0.1, 0.15) is 31.3 Å². The lowest BCUT2D eigenvalue weighted by molar-refractivity contribution is 0.0941. The first kappa shape index (κ1) is 17.7. The van der Waals surface area contributed by atoms with E-state index in [1.54, 1.807) is 6.07 Å². The molecule has 0 unspecified atom stereocenters. The molecule has 0 bridgehead atoms. The van der Waals surface area contributed by atoms with Crippen molar-refractivity contribution < 1.29 is 4.79 Å². The minimum atomic E-state index is -0.124. The summed E-state index contributed by atoms with van der Waals surface area (Å²) in [5, 5.41) is 9.95. The molecule has 2 N–H and O–H groups in total. The molecule has 0 saturated heterocycles. The highest BCUT2D eigenvalue weighted by Gasteiger charge is 2.12. The second-order valence-electron chi connectivity index (χ2n) is 5.65. The number of nitrogens with zero attached hydrogens (tertiary/aromatic N) is 2. The third kappa shape index (κ3) is 4.91. The minimum absolute atomic E-state index is 0.124. The van der Waals surface area contributed by atoms with E-state index in [4.69, 9.17) is 0 Å². The van der Waals surface area contributed by atoms with E-state index in [-0.39, 0.29) is 5.91 Å². The Balaban J connectivity index is 1.92. The van der Waals surface area contributed by atoms with Gasteiger partial charge in [0.2, 0.25) is 0 Å². The fourth-order valence-electron chi connectivity index (χ4n) is 2.40. The number of hydrogen-bond acceptors (Lipinski definition) is 3. The van der Waals surface area contributed by atoms with Crippen LogP contribution in [0.25, 0.3) is 11.3 Å². The van der Waals surface area contributed by atoms with E-state index in [1.807, 2.05) is 24.3 Å². The lowest BCUT2D eigenvalue weighted by Crippen LogP contribution is -2.38. The molecule has 1 amide bonds.